The Labute approximate surface area is 75.9 Å². The standard InChI is InChI=1S/C11H19N/c1-6-7-8-11(9(2)3)12-10(4)5/h6-8,10,12H,1H2,2-5H3/b8-7-. The third-order valence-electron chi connectivity index (χ3n) is 1.38. The van der Waals surface area contributed by atoms with Crippen molar-refractivity contribution in [2.45, 2.75) is 33.7 Å². The molecule has 1 nitrogen and oxygen atoms in total. The quantitative estimate of drug-likeness (QED) is 0.631. The third kappa shape index (κ3) is 4.78. The fourth-order valence-corrected chi connectivity index (χ4v) is 0.834. The summed E-state index contributed by atoms with van der Waals surface area (Å²) < 4.78 is 0. The maximum Gasteiger partial charge on any atom is 0.0328 e. The minimum absolute atomic E-state index is 0.476. The van der Waals surface area contributed by atoms with E-state index < -0.39 is 0 Å². The lowest BCUT2D eigenvalue weighted by Crippen LogP contribution is -2.21. The van der Waals surface area contributed by atoms with Crippen LogP contribution in [0.15, 0.2) is 36.1 Å². The molecule has 0 atom stereocenters. The highest BCUT2D eigenvalue weighted by Crippen LogP contribution is 2.02. The molecular formula is C11H19N. The third-order valence-corrected chi connectivity index (χ3v) is 1.38. The first-order chi connectivity index (χ1) is 5.57. The maximum absolute atomic E-state index is 3.63. The van der Waals surface area contributed by atoms with E-state index >= 15 is 0 Å². The van der Waals surface area contributed by atoms with Gasteiger partial charge in [0.15, 0.2) is 0 Å². The van der Waals surface area contributed by atoms with E-state index in [0.29, 0.717) is 6.04 Å². The van der Waals surface area contributed by atoms with Crippen LogP contribution < -0.4 is 5.32 Å². The lowest BCUT2D eigenvalue weighted by Gasteiger charge is -2.12. The Balaban J connectivity index is 4.36. The number of hydrogen-bond acceptors (Lipinski definition) is 1. The second-order valence-corrected chi connectivity index (χ2v) is 3.31. The fraction of sp³-hybridized carbons (Fsp3) is 0.455. The second kappa shape index (κ2) is 5.64. The summed E-state index contributed by atoms with van der Waals surface area (Å²) in [6.45, 7) is 12.1. The van der Waals surface area contributed by atoms with Crippen LogP contribution in [0.3, 0.4) is 0 Å². The van der Waals surface area contributed by atoms with Gasteiger partial charge in [-0.25, -0.2) is 0 Å². The summed E-state index contributed by atoms with van der Waals surface area (Å²) in [4.78, 5) is 0. The molecule has 0 aliphatic carbocycles. The first-order valence-corrected chi connectivity index (χ1v) is 4.31. The maximum atomic E-state index is 3.63. The van der Waals surface area contributed by atoms with Crippen LogP contribution in [0.5, 0.6) is 0 Å². The van der Waals surface area contributed by atoms with Crippen molar-refractivity contribution < 1.29 is 0 Å². The van der Waals surface area contributed by atoms with Crippen molar-refractivity contribution >= 4 is 0 Å². The molecule has 0 fully saturated rings. The first kappa shape index (κ1) is 11.0. The van der Waals surface area contributed by atoms with Gasteiger partial charge in [0.25, 0.3) is 0 Å². The van der Waals surface area contributed by atoms with Gasteiger partial charge < -0.3 is 5.32 Å². The summed E-state index contributed by atoms with van der Waals surface area (Å²) >= 11 is 0. The van der Waals surface area contributed by atoms with E-state index in [1.54, 1.807) is 6.08 Å². The average Bonchev–Trinajstić information content (AvgIpc) is 1.96. The van der Waals surface area contributed by atoms with E-state index in [-0.39, 0.29) is 0 Å². The van der Waals surface area contributed by atoms with E-state index in [2.05, 4.69) is 39.6 Å². The summed E-state index contributed by atoms with van der Waals surface area (Å²) in [5.74, 6) is 0. The second-order valence-electron chi connectivity index (χ2n) is 3.31. The molecule has 0 aromatic rings. The van der Waals surface area contributed by atoms with Crippen LogP contribution in [0, 0.1) is 0 Å². The van der Waals surface area contributed by atoms with Gasteiger partial charge >= 0.3 is 0 Å². The zero-order valence-electron chi connectivity index (χ0n) is 8.52. The van der Waals surface area contributed by atoms with Gasteiger partial charge in [-0.1, -0.05) is 24.3 Å². The molecule has 0 aromatic heterocycles. The lowest BCUT2D eigenvalue weighted by molar-refractivity contribution is 0.675. The number of nitrogens with one attached hydrogen (secondary N) is 1. The van der Waals surface area contributed by atoms with Gasteiger partial charge in [0, 0.05) is 11.7 Å². The molecule has 0 saturated carbocycles. The van der Waals surface area contributed by atoms with Gasteiger partial charge in [0.1, 0.15) is 0 Å². The van der Waals surface area contributed by atoms with Crippen LogP contribution in [-0.2, 0) is 0 Å². The first-order valence-electron chi connectivity index (χ1n) is 4.31. The molecule has 1 N–H and O–H groups in total. The Kier molecular flexibility index (Phi) is 5.18. The monoisotopic (exact) mass is 165 g/mol. The summed E-state index contributed by atoms with van der Waals surface area (Å²) in [5, 5.41) is 3.36. The Morgan fingerprint density at radius 3 is 2.25 bits per heavy atom. The Morgan fingerprint density at radius 1 is 1.33 bits per heavy atom. The predicted octanol–water partition coefficient (Wildman–Crippen LogP) is 3.02. The van der Waals surface area contributed by atoms with E-state index in [1.807, 2.05) is 12.2 Å². The minimum Gasteiger partial charge on any atom is -0.383 e. The van der Waals surface area contributed by atoms with Gasteiger partial charge in [-0.2, -0.15) is 0 Å². The summed E-state index contributed by atoms with van der Waals surface area (Å²) in [5.41, 5.74) is 2.48. The predicted molar refractivity (Wildman–Crippen MR) is 56.0 cm³/mol. The molecule has 0 aromatic carbocycles. The topological polar surface area (TPSA) is 12.0 Å². The van der Waals surface area contributed by atoms with E-state index in [9.17, 15) is 0 Å². The highest BCUT2D eigenvalue weighted by Gasteiger charge is 1.95. The minimum atomic E-state index is 0.476. The van der Waals surface area contributed by atoms with Gasteiger partial charge in [0.2, 0.25) is 0 Å². The smallest absolute Gasteiger partial charge is 0.0328 e. The summed E-state index contributed by atoms with van der Waals surface area (Å²) in [6.07, 6.45) is 5.77. The summed E-state index contributed by atoms with van der Waals surface area (Å²) in [6, 6.07) is 0.476. The number of hydrogen-bond donors (Lipinski definition) is 1. The average molecular weight is 165 g/mol. The molecule has 0 rings (SSSR count). The molecule has 12 heavy (non-hydrogen) atoms. The zero-order valence-corrected chi connectivity index (χ0v) is 8.52. The van der Waals surface area contributed by atoms with Crippen molar-refractivity contribution in [2.75, 3.05) is 0 Å². The van der Waals surface area contributed by atoms with Crippen molar-refractivity contribution in [3.8, 4) is 0 Å². The molecule has 0 radical (unpaired) electrons. The number of allylic oxidation sites excluding steroid dienone is 4. The molecule has 0 aliphatic rings. The van der Waals surface area contributed by atoms with Crippen LogP contribution in [0.1, 0.15) is 27.7 Å². The molecule has 0 aliphatic heterocycles. The van der Waals surface area contributed by atoms with Crippen molar-refractivity contribution in [3.63, 3.8) is 0 Å². The molecule has 0 spiro atoms. The van der Waals surface area contributed by atoms with Gasteiger partial charge in [0.05, 0.1) is 0 Å². The lowest BCUT2D eigenvalue weighted by atomic mass is 10.2. The zero-order chi connectivity index (χ0) is 9.56. The number of rotatable bonds is 4. The molecule has 0 bridgehead atoms. The largest absolute Gasteiger partial charge is 0.383 e. The highest BCUT2D eigenvalue weighted by atomic mass is 14.9. The van der Waals surface area contributed by atoms with E-state index in [4.69, 9.17) is 0 Å². The molecule has 0 heterocycles. The van der Waals surface area contributed by atoms with Crippen LogP contribution >= 0.6 is 0 Å². The fourth-order valence-electron chi connectivity index (χ4n) is 0.834. The summed E-state index contributed by atoms with van der Waals surface area (Å²) in [7, 11) is 0. The van der Waals surface area contributed by atoms with Crippen LogP contribution in [0.2, 0.25) is 0 Å². The Hall–Kier alpha value is -0.980. The van der Waals surface area contributed by atoms with Gasteiger partial charge in [-0.3, -0.25) is 0 Å². The van der Waals surface area contributed by atoms with E-state index in [0.717, 1.165) is 0 Å². The molecular weight excluding hydrogens is 146 g/mol. The van der Waals surface area contributed by atoms with Gasteiger partial charge in [-0.15, -0.1) is 0 Å². The van der Waals surface area contributed by atoms with Crippen molar-refractivity contribution in [1.82, 2.24) is 5.32 Å². The van der Waals surface area contributed by atoms with Crippen LogP contribution in [-0.4, -0.2) is 6.04 Å². The van der Waals surface area contributed by atoms with Crippen LogP contribution in [0.25, 0.3) is 0 Å². The Bertz CT molecular complexity index is 193. The van der Waals surface area contributed by atoms with E-state index in [1.165, 1.54) is 11.3 Å². The molecule has 0 saturated heterocycles. The van der Waals surface area contributed by atoms with Crippen molar-refractivity contribution in [1.29, 1.82) is 0 Å². The van der Waals surface area contributed by atoms with Crippen LogP contribution in [0.4, 0.5) is 0 Å². The highest BCUT2D eigenvalue weighted by molar-refractivity contribution is 5.24. The SMILES string of the molecule is C=C/C=C\C(NC(C)C)=C(C)C. The molecule has 1 heteroatoms. The van der Waals surface area contributed by atoms with Gasteiger partial charge in [-0.05, 0) is 33.8 Å². The van der Waals surface area contributed by atoms with Crippen molar-refractivity contribution in [2.24, 2.45) is 0 Å². The molecule has 0 unspecified atom stereocenters. The molecule has 0 amide bonds. The molecule has 68 valence electrons. The van der Waals surface area contributed by atoms with Crippen molar-refractivity contribution in [3.05, 3.63) is 36.1 Å². The normalized spacial score (nSPS) is 10.4. The Morgan fingerprint density at radius 2 is 1.92 bits per heavy atom.